The zero-order valence-corrected chi connectivity index (χ0v) is 8.00. The highest BCUT2D eigenvalue weighted by Crippen LogP contribution is 2.01. The van der Waals surface area contributed by atoms with Crippen molar-refractivity contribution in [2.24, 2.45) is 10.9 Å². The molecule has 0 aliphatic heterocycles. The Kier molecular flexibility index (Phi) is 4.19. The lowest BCUT2D eigenvalue weighted by atomic mass is 10.0. The van der Waals surface area contributed by atoms with E-state index in [0.717, 1.165) is 0 Å². The third kappa shape index (κ3) is 3.75. The number of amidine groups is 1. The Hall–Kier alpha value is -1.30. The molecule has 0 bridgehead atoms. The van der Waals surface area contributed by atoms with E-state index in [9.17, 15) is 4.79 Å². The van der Waals surface area contributed by atoms with Gasteiger partial charge >= 0.3 is 0 Å². The van der Waals surface area contributed by atoms with Crippen LogP contribution in [0, 0.1) is 0 Å². The number of carbonyl (C=O) groups excluding carboxylic acids is 1. The Balaban J connectivity index is 4.25. The fraction of sp³-hybridized carbons (Fsp3) is 0.714. The van der Waals surface area contributed by atoms with E-state index in [1.807, 2.05) is 0 Å². The van der Waals surface area contributed by atoms with Crippen LogP contribution in [0.3, 0.4) is 0 Å². The molecule has 76 valence electrons. The van der Waals surface area contributed by atoms with Gasteiger partial charge in [-0.15, -0.1) is 0 Å². The van der Waals surface area contributed by atoms with Crippen LogP contribution in [0.25, 0.3) is 0 Å². The molecule has 4 N–H and O–H groups in total. The lowest BCUT2D eigenvalue weighted by Gasteiger charge is -2.24. The molecule has 0 unspecified atom stereocenters. The minimum Gasteiger partial charge on any atom is -0.409 e. The normalized spacial score (nSPS) is 12.7. The maximum Gasteiger partial charge on any atom is 0.246 e. The molecule has 0 aliphatic rings. The first-order chi connectivity index (χ1) is 5.94. The van der Waals surface area contributed by atoms with Crippen molar-refractivity contribution in [1.29, 1.82) is 0 Å². The van der Waals surface area contributed by atoms with Crippen LogP contribution in [-0.2, 0) is 9.53 Å². The van der Waals surface area contributed by atoms with Crippen LogP contribution in [0.15, 0.2) is 5.16 Å². The maximum absolute atomic E-state index is 11.1. The number of carbonyl (C=O) groups is 1. The van der Waals surface area contributed by atoms with E-state index < -0.39 is 5.54 Å². The van der Waals surface area contributed by atoms with Crippen LogP contribution < -0.4 is 11.1 Å². The third-order valence-electron chi connectivity index (χ3n) is 1.48. The van der Waals surface area contributed by atoms with E-state index in [1.165, 1.54) is 7.11 Å². The van der Waals surface area contributed by atoms with Crippen LogP contribution in [0.2, 0.25) is 0 Å². The van der Waals surface area contributed by atoms with E-state index in [-0.39, 0.29) is 18.3 Å². The average Bonchev–Trinajstić information content (AvgIpc) is 2.02. The second kappa shape index (κ2) is 4.66. The van der Waals surface area contributed by atoms with Gasteiger partial charge in [0.15, 0.2) is 5.84 Å². The minimum atomic E-state index is -0.871. The molecule has 0 saturated heterocycles. The molecule has 13 heavy (non-hydrogen) atoms. The SMILES string of the molecule is COCC(=O)NC(C)(C)/C(N)=N/O. The molecule has 0 radical (unpaired) electrons. The maximum atomic E-state index is 11.1. The van der Waals surface area contributed by atoms with Gasteiger partial charge in [-0.1, -0.05) is 5.16 Å². The van der Waals surface area contributed by atoms with Crippen LogP contribution in [0.5, 0.6) is 0 Å². The van der Waals surface area contributed by atoms with Gasteiger partial charge < -0.3 is 21.0 Å². The molecular weight excluding hydrogens is 174 g/mol. The molecule has 6 heteroatoms. The summed E-state index contributed by atoms with van der Waals surface area (Å²) in [6, 6.07) is 0. The van der Waals surface area contributed by atoms with Gasteiger partial charge in [-0.3, -0.25) is 4.79 Å². The van der Waals surface area contributed by atoms with Gasteiger partial charge in [0.2, 0.25) is 5.91 Å². The third-order valence-corrected chi connectivity index (χ3v) is 1.48. The summed E-state index contributed by atoms with van der Waals surface area (Å²) in [6.45, 7) is 3.19. The van der Waals surface area contributed by atoms with Crippen LogP contribution in [0.4, 0.5) is 0 Å². The molecule has 0 heterocycles. The number of hydrogen-bond acceptors (Lipinski definition) is 4. The van der Waals surface area contributed by atoms with Gasteiger partial charge in [0.25, 0.3) is 0 Å². The average molecular weight is 189 g/mol. The van der Waals surface area contributed by atoms with Crippen molar-refractivity contribution < 1.29 is 14.7 Å². The van der Waals surface area contributed by atoms with Crippen molar-refractivity contribution in [2.45, 2.75) is 19.4 Å². The number of nitrogens with two attached hydrogens (primary N) is 1. The molecule has 6 nitrogen and oxygen atoms in total. The summed E-state index contributed by atoms with van der Waals surface area (Å²) < 4.78 is 4.61. The van der Waals surface area contributed by atoms with Crippen LogP contribution in [0.1, 0.15) is 13.8 Å². The van der Waals surface area contributed by atoms with Crippen LogP contribution in [-0.4, -0.2) is 36.2 Å². The molecule has 0 atom stereocenters. The molecule has 0 aromatic carbocycles. The molecule has 0 spiro atoms. The van der Waals surface area contributed by atoms with Gasteiger partial charge in [-0.2, -0.15) is 0 Å². The fourth-order valence-electron chi connectivity index (χ4n) is 0.705. The Bertz CT molecular complexity index is 213. The van der Waals surface area contributed by atoms with Crippen molar-refractivity contribution in [3.63, 3.8) is 0 Å². The lowest BCUT2D eigenvalue weighted by Crippen LogP contribution is -2.54. The van der Waals surface area contributed by atoms with Gasteiger partial charge in [-0.25, -0.2) is 0 Å². The quantitative estimate of drug-likeness (QED) is 0.235. The second-order valence-corrected chi connectivity index (χ2v) is 3.09. The number of methoxy groups -OCH3 is 1. The fourth-order valence-corrected chi connectivity index (χ4v) is 0.705. The molecule has 0 saturated carbocycles. The van der Waals surface area contributed by atoms with E-state index in [0.29, 0.717) is 0 Å². The Morgan fingerprint density at radius 2 is 2.23 bits per heavy atom. The first-order valence-corrected chi connectivity index (χ1v) is 3.72. The lowest BCUT2D eigenvalue weighted by molar-refractivity contribution is -0.125. The number of hydrogen-bond donors (Lipinski definition) is 3. The summed E-state index contributed by atoms with van der Waals surface area (Å²) in [5.74, 6) is -0.379. The van der Waals surface area contributed by atoms with Gasteiger partial charge in [0.1, 0.15) is 6.61 Å². The van der Waals surface area contributed by atoms with E-state index in [4.69, 9.17) is 10.9 Å². The summed E-state index contributed by atoms with van der Waals surface area (Å²) in [4.78, 5) is 11.1. The van der Waals surface area contributed by atoms with Gasteiger partial charge in [0.05, 0.1) is 5.54 Å². The zero-order chi connectivity index (χ0) is 10.5. The molecule has 0 aliphatic carbocycles. The Morgan fingerprint density at radius 1 is 1.69 bits per heavy atom. The summed E-state index contributed by atoms with van der Waals surface area (Å²) in [5, 5.41) is 13.7. The smallest absolute Gasteiger partial charge is 0.246 e. The Morgan fingerprint density at radius 3 is 2.62 bits per heavy atom. The number of rotatable bonds is 4. The van der Waals surface area contributed by atoms with Gasteiger partial charge in [-0.05, 0) is 13.8 Å². The highest BCUT2D eigenvalue weighted by Gasteiger charge is 2.25. The summed E-state index contributed by atoms with van der Waals surface area (Å²) >= 11 is 0. The monoisotopic (exact) mass is 189 g/mol. The highest BCUT2D eigenvalue weighted by molar-refractivity contribution is 5.93. The number of ether oxygens (including phenoxy) is 1. The molecule has 0 aromatic heterocycles. The van der Waals surface area contributed by atoms with E-state index in [2.05, 4.69) is 15.2 Å². The van der Waals surface area contributed by atoms with Gasteiger partial charge in [0, 0.05) is 7.11 Å². The number of nitrogens with zero attached hydrogens (tertiary/aromatic N) is 1. The standard InChI is InChI=1S/C7H15N3O3/c1-7(2,6(8)10-12)9-5(11)4-13-3/h12H,4H2,1-3H3,(H2,8,10)(H,9,11). The molecule has 0 fully saturated rings. The van der Waals surface area contributed by atoms with E-state index >= 15 is 0 Å². The van der Waals surface area contributed by atoms with E-state index in [1.54, 1.807) is 13.8 Å². The zero-order valence-electron chi connectivity index (χ0n) is 8.00. The van der Waals surface area contributed by atoms with Crippen molar-refractivity contribution in [3.8, 4) is 0 Å². The molecular formula is C7H15N3O3. The molecule has 1 amide bonds. The molecule has 0 aromatic rings. The Labute approximate surface area is 76.7 Å². The summed E-state index contributed by atoms with van der Waals surface area (Å²) in [6.07, 6.45) is 0. The number of amides is 1. The first-order valence-electron chi connectivity index (χ1n) is 3.72. The predicted molar refractivity (Wildman–Crippen MR) is 47.5 cm³/mol. The summed E-state index contributed by atoms with van der Waals surface area (Å²) in [7, 11) is 1.41. The highest BCUT2D eigenvalue weighted by atomic mass is 16.5. The van der Waals surface area contributed by atoms with Crippen LogP contribution >= 0.6 is 0 Å². The largest absolute Gasteiger partial charge is 0.409 e. The van der Waals surface area contributed by atoms with Crippen molar-refractivity contribution in [3.05, 3.63) is 0 Å². The topological polar surface area (TPSA) is 96.9 Å². The predicted octanol–water partition coefficient (Wildman–Crippen LogP) is -0.726. The van der Waals surface area contributed by atoms with Crippen molar-refractivity contribution in [2.75, 3.05) is 13.7 Å². The minimum absolute atomic E-state index is 0.0534. The first kappa shape index (κ1) is 11.7. The van der Waals surface area contributed by atoms with Crippen molar-refractivity contribution in [1.82, 2.24) is 5.32 Å². The number of nitrogens with one attached hydrogen (secondary N) is 1. The van der Waals surface area contributed by atoms with Crippen molar-refractivity contribution >= 4 is 11.7 Å². The molecule has 0 rings (SSSR count). The summed E-state index contributed by atoms with van der Waals surface area (Å²) in [5.41, 5.74) is 4.47. The number of oxime groups is 1. The second-order valence-electron chi connectivity index (χ2n) is 3.09.